The summed E-state index contributed by atoms with van der Waals surface area (Å²) in [6.45, 7) is 9.03. The van der Waals surface area contributed by atoms with Crippen molar-refractivity contribution in [3.05, 3.63) is 42.1 Å². The first kappa shape index (κ1) is 20.2. The van der Waals surface area contributed by atoms with Crippen LogP contribution in [0.1, 0.15) is 32.0 Å². The molecule has 128 valence electrons. The Morgan fingerprint density at radius 3 is 2.48 bits per heavy atom. The highest BCUT2D eigenvalue weighted by atomic mass is 35.5. The predicted octanol–water partition coefficient (Wildman–Crippen LogP) is 4.07. The van der Waals surface area contributed by atoms with Gasteiger partial charge in [-0.25, -0.2) is 0 Å². The van der Waals surface area contributed by atoms with Gasteiger partial charge in [0.2, 0.25) is 0 Å². The second-order valence-corrected chi connectivity index (χ2v) is 6.05. The van der Waals surface area contributed by atoms with E-state index in [1.54, 1.807) is 0 Å². The van der Waals surface area contributed by atoms with Crippen molar-refractivity contribution in [2.24, 2.45) is 5.92 Å². The van der Waals surface area contributed by atoms with Gasteiger partial charge in [-0.2, -0.15) is 0 Å². The molecule has 3 rings (SSSR count). The summed E-state index contributed by atoms with van der Waals surface area (Å²) >= 11 is 0. The van der Waals surface area contributed by atoms with Gasteiger partial charge in [-0.05, 0) is 18.1 Å². The van der Waals surface area contributed by atoms with Crippen LogP contribution in [0.4, 0.5) is 0 Å². The molecule has 1 aliphatic heterocycles. The van der Waals surface area contributed by atoms with Crippen LogP contribution >= 0.6 is 24.8 Å². The summed E-state index contributed by atoms with van der Waals surface area (Å²) in [5.74, 6) is 0.622. The number of benzene rings is 1. The topological polar surface area (TPSA) is 28.2 Å². The minimum absolute atomic E-state index is 0. The highest BCUT2D eigenvalue weighted by Crippen LogP contribution is 2.30. The Balaban J connectivity index is 0.00000132. The van der Waals surface area contributed by atoms with E-state index in [0.717, 1.165) is 31.7 Å². The number of rotatable bonds is 4. The van der Waals surface area contributed by atoms with Crippen LogP contribution in [-0.4, -0.2) is 36.1 Å². The van der Waals surface area contributed by atoms with Gasteiger partial charge in [-0.1, -0.05) is 44.5 Å². The standard InChI is InChI=1S/C18H25N3.2ClH/c1-3-14(2)18(21-12-10-19-11-13-21)17-9-8-15-6-4-5-7-16(15)20-17;;/h4-9,14,18-19H,3,10-13H2,1-2H3;2*1H/t14?,18-;;/m1../s1. The summed E-state index contributed by atoms with van der Waals surface area (Å²) in [5.41, 5.74) is 2.34. The maximum Gasteiger partial charge on any atom is 0.0706 e. The number of aromatic nitrogens is 1. The normalized spacial score (nSPS) is 17.8. The molecule has 0 bridgehead atoms. The van der Waals surface area contributed by atoms with E-state index >= 15 is 0 Å². The van der Waals surface area contributed by atoms with Crippen LogP contribution in [0.15, 0.2) is 36.4 Å². The average Bonchev–Trinajstić information content (AvgIpc) is 2.56. The van der Waals surface area contributed by atoms with Crippen molar-refractivity contribution < 1.29 is 0 Å². The minimum Gasteiger partial charge on any atom is -0.314 e. The number of para-hydroxylation sites is 1. The van der Waals surface area contributed by atoms with E-state index in [1.807, 2.05) is 0 Å². The average molecular weight is 356 g/mol. The number of fused-ring (bicyclic) bond motifs is 1. The molecule has 0 saturated carbocycles. The number of piperazine rings is 1. The summed E-state index contributed by atoms with van der Waals surface area (Å²) < 4.78 is 0. The van der Waals surface area contributed by atoms with Crippen LogP contribution in [0.2, 0.25) is 0 Å². The molecule has 1 aliphatic rings. The van der Waals surface area contributed by atoms with E-state index in [1.165, 1.54) is 17.5 Å². The molecule has 1 N–H and O–H groups in total. The van der Waals surface area contributed by atoms with Gasteiger partial charge >= 0.3 is 0 Å². The van der Waals surface area contributed by atoms with Gasteiger partial charge in [0.05, 0.1) is 17.3 Å². The van der Waals surface area contributed by atoms with Gasteiger partial charge in [0.1, 0.15) is 0 Å². The van der Waals surface area contributed by atoms with Crippen LogP contribution in [0, 0.1) is 5.92 Å². The molecule has 2 aromatic rings. The molecular formula is C18H27Cl2N3. The van der Waals surface area contributed by atoms with Crippen molar-refractivity contribution in [2.75, 3.05) is 26.2 Å². The van der Waals surface area contributed by atoms with Gasteiger partial charge in [0.15, 0.2) is 0 Å². The summed E-state index contributed by atoms with van der Waals surface area (Å²) in [7, 11) is 0. The van der Waals surface area contributed by atoms with Gasteiger partial charge in [-0.3, -0.25) is 9.88 Å². The largest absolute Gasteiger partial charge is 0.314 e. The molecule has 1 saturated heterocycles. The van der Waals surface area contributed by atoms with E-state index in [0.29, 0.717) is 12.0 Å². The maximum absolute atomic E-state index is 4.96. The molecule has 23 heavy (non-hydrogen) atoms. The number of halogens is 2. The number of hydrogen-bond donors (Lipinski definition) is 1. The van der Waals surface area contributed by atoms with E-state index < -0.39 is 0 Å². The van der Waals surface area contributed by atoms with E-state index in [4.69, 9.17) is 4.98 Å². The van der Waals surface area contributed by atoms with Crippen LogP contribution in [0.25, 0.3) is 10.9 Å². The summed E-state index contributed by atoms with van der Waals surface area (Å²) in [5, 5.41) is 4.67. The molecule has 2 heterocycles. The zero-order chi connectivity index (χ0) is 14.7. The van der Waals surface area contributed by atoms with Gasteiger partial charge in [-0.15, -0.1) is 24.8 Å². The Morgan fingerprint density at radius 1 is 1.09 bits per heavy atom. The van der Waals surface area contributed by atoms with Crippen LogP contribution < -0.4 is 5.32 Å². The quantitative estimate of drug-likeness (QED) is 0.895. The van der Waals surface area contributed by atoms with Crippen molar-refractivity contribution in [3.8, 4) is 0 Å². The second-order valence-electron chi connectivity index (χ2n) is 6.05. The third-order valence-corrected chi connectivity index (χ3v) is 4.65. The molecule has 5 heteroatoms. The maximum atomic E-state index is 4.96. The fraction of sp³-hybridized carbons (Fsp3) is 0.500. The molecule has 0 spiro atoms. The van der Waals surface area contributed by atoms with E-state index in [2.05, 4.69) is 60.5 Å². The summed E-state index contributed by atoms with van der Waals surface area (Å²) in [4.78, 5) is 7.56. The Labute approximate surface area is 151 Å². The molecule has 1 aromatic carbocycles. The number of hydrogen-bond acceptors (Lipinski definition) is 3. The van der Waals surface area contributed by atoms with Crippen LogP contribution in [0.3, 0.4) is 0 Å². The smallest absolute Gasteiger partial charge is 0.0706 e. The molecule has 0 aliphatic carbocycles. The lowest BCUT2D eigenvalue weighted by molar-refractivity contribution is 0.125. The first-order valence-corrected chi connectivity index (χ1v) is 8.10. The number of nitrogens with zero attached hydrogens (tertiary/aromatic N) is 2. The molecule has 1 aromatic heterocycles. The zero-order valence-electron chi connectivity index (χ0n) is 13.9. The van der Waals surface area contributed by atoms with Crippen LogP contribution in [0.5, 0.6) is 0 Å². The van der Waals surface area contributed by atoms with Crippen LogP contribution in [-0.2, 0) is 0 Å². The Bertz CT molecular complexity index is 600. The SMILES string of the molecule is CCC(C)[C@H](c1ccc2ccccc2n1)N1CCNCC1.Cl.Cl. The number of nitrogens with one attached hydrogen (secondary N) is 1. The highest BCUT2D eigenvalue weighted by molar-refractivity contribution is 5.85. The van der Waals surface area contributed by atoms with E-state index in [9.17, 15) is 0 Å². The van der Waals surface area contributed by atoms with Gasteiger partial charge < -0.3 is 5.32 Å². The van der Waals surface area contributed by atoms with Crippen molar-refractivity contribution in [1.29, 1.82) is 0 Å². The molecule has 0 amide bonds. The summed E-state index contributed by atoms with van der Waals surface area (Å²) in [6, 6.07) is 13.3. The Hall–Kier alpha value is -0.870. The fourth-order valence-corrected chi connectivity index (χ4v) is 3.27. The summed E-state index contributed by atoms with van der Waals surface area (Å²) in [6.07, 6.45) is 1.18. The Morgan fingerprint density at radius 2 is 1.78 bits per heavy atom. The zero-order valence-corrected chi connectivity index (χ0v) is 15.5. The van der Waals surface area contributed by atoms with Gasteiger partial charge in [0.25, 0.3) is 0 Å². The van der Waals surface area contributed by atoms with Crippen molar-refractivity contribution >= 4 is 35.7 Å². The minimum atomic E-state index is 0. The monoisotopic (exact) mass is 355 g/mol. The van der Waals surface area contributed by atoms with Crippen molar-refractivity contribution in [3.63, 3.8) is 0 Å². The molecule has 1 fully saturated rings. The molecule has 1 unspecified atom stereocenters. The van der Waals surface area contributed by atoms with E-state index in [-0.39, 0.29) is 24.8 Å². The van der Waals surface area contributed by atoms with Gasteiger partial charge in [0, 0.05) is 31.6 Å². The Kier molecular flexibility index (Phi) is 8.27. The van der Waals surface area contributed by atoms with Crippen molar-refractivity contribution in [2.45, 2.75) is 26.3 Å². The lowest BCUT2D eigenvalue weighted by atomic mass is 9.93. The molecule has 2 atom stereocenters. The predicted molar refractivity (Wildman–Crippen MR) is 103 cm³/mol. The lowest BCUT2D eigenvalue weighted by Gasteiger charge is -2.37. The first-order chi connectivity index (χ1) is 10.3. The highest BCUT2D eigenvalue weighted by Gasteiger charge is 2.27. The molecular weight excluding hydrogens is 329 g/mol. The number of pyridine rings is 1. The fourth-order valence-electron chi connectivity index (χ4n) is 3.27. The lowest BCUT2D eigenvalue weighted by Crippen LogP contribution is -2.46. The third kappa shape index (κ3) is 4.57. The third-order valence-electron chi connectivity index (χ3n) is 4.65. The molecule has 0 radical (unpaired) electrons. The van der Waals surface area contributed by atoms with Crippen molar-refractivity contribution in [1.82, 2.24) is 15.2 Å². The molecule has 3 nitrogen and oxygen atoms in total. The second kappa shape index (κ2) is 9.43. The first-order valence-electron chi connectivity index (χ1n) is 8.10.